The van der Waals surface area contributed by atoms with Gasteiger partial charge in [0.1, 0.15) is 0 Å². The van der Waals surface area contributed by atoms with Crippen molar-refractivity contribution in [3.8, 4) is 0 Å². The van der Waals surface area contributed by atoms with Crippen LogP contribution in [0.4, 0.5) is 0 Å². The summed E-state index contributed by atoms with van der Waals surface area (Å²) >= 11 is 0. The molecule has 0 atom stereocenters. The van der Waals surface area contributed by atoms with Gasteiger partial charge in [0.05, 0.1) is 13.2 Å². The SMILES string of the molecule is CC(OCCN=[N+]=[N-])OCCN=[N+]=[N-]. The molecule has 0 amide bonds. The summed E-state index contributed by atoms with van der Waals surface area (Å²) in [4.78, 5) is 5.14. The van der Waals surface area contributed by atoms with E-state index in [0.717, 1.165) is 0 Å². The number of rotatable bonds is 8. The Bertz CT molecular complexity index is 208. The van der Waals surface area contributed by atoms with Gasteiger partial charge in [-0.1, -0.05) is 10.2 Å². The first-order chi connectivity index (χ1) is 6.81. The lowest BCUT2D eigenvalue weighted by Crippen LogP contribution is -2.16. The molecule has 14 heavy (non-hydrogen) atoms. The zero-order valence-electron chi connectivity index (χ0n) is 7.91. The van der Waals surface area contributed by atoms with E-state index in [9.17, 15) is 0 Å². The van der Waals surface area contributed by atoms with Gasteiger partial charge in [-0.05, 0) is 18.0 Å². The van der Waals surface area contributed by atoms with Crippen LogP contribution in [0.15, 0.2) is 10.2 Å². The van der Waals surface area contributed by atoms with Crippen molar-refractivity contribution in [2.75, 3.05) is 26.3 Å². The van der Waals surface area contributed by atoms with E-state index in [1.54, 1.807) is 6.92 Å². The molecule has 0 N–H and O–H groups in total. The first kappa shape index (κ1) is 12.5. The monoisotopic (exact) mass is 200 g/mol. The predicted octanol–water partition coefficient (Wildman–Crippen LogP) is 1.99. The average molecular weight is 200 g/mol. The fraction of sp³-hybridized carbons (Fsp3) is 1.00. The van der Waals surface area contributed by atoms with Gasteiger partial charge in [0.25, 0.3) is 0 Å². The van der Waals surface area contributed by atoms with Gasteiger partial charge in [0.2, 0.25) is 0 Å². The smallest absolute Gasteiger partial charge is 0.154 e. The third-order valence-corrected chi connectivity index (χ3v) is 1.21. The van der Waals surface area contributed by atoms with Gasteiger partial charge in [0.15, 0.2) is 6.29 Å². The highest BCUT2D eigenvalue weighted by molar-refractivity contribution is 4.46. The Hall–Kier alpha value is -1.46. The summed E-state index contributed by atoms with van der Waals surface area (Å²) in [5, 5.41) is 6.57. The molecule has 0 aliphatic heterocycles. The minimum atomic E-state index is -0.391. The molecule has 0 rings (SSSR count). The maximum Gasteiger partial charge on any atom is 0.154 e. The van der Waals surface area contributed by atoms with Gasteiger partial charge in [-0.15, -0.1) is 0 Å². The highest BCUT2D eigenvalue weighted by Crippen LogP contribution is 1.93. The van der Waals surface area contributed by atoms with Gasteiger partial charge >= 0.3 is 0 Å². The normalized spacial score (nSPS) is 11.2. The fourth-order valence-corrected chi connectivity index (χ4v) is 0.657. The third-order valence-electron chi connectivity index (χ3n) is 1.21. The maximum atomic E-state index is 7.96. The first-order valence-corrected chi connectivity index (χ1v) is 4.06. The minimum Gasteiger partial charge on any atom is -0.353 e. The van der Waals surface area contributed by atoms with Crippen LogP contribution in [0.5, 0.6) is 0 Å². The van der Waals surface area contributed by atoms with Gasteiger partial charge in [0, 0.05) is 22.9 Å². The van der Waals surface area contributed by atoms with E-state index in [1.165, 1.54) is 0 Å². The Balaban J connectivity index is 3.31. The van der Waals surface area contributed by atoms with E-state index >= 15 is 0 Å². The molecule has 0 unspecified atom stereocenters. The van der Waals surface area contributed by atoms with Crippen molar-refractivity contribution in [2.24, 2.45) is 10.2 Å². The molecule has 0 spiro atoms. The van der Waals surface area contributed by atoms with Crippen LogP contribution in [-0.4, -0.2) is 32.6 Å². The van der Waals surface area contributed by atoms with Crippen molar-refractivity contribution in [1.82, 2.24) is 0 Å². The summed E-state index contributed by atoms with van der Waals surface area (Å²) in [6.07, 6.45) is -0.391. The molecule has 0 saturated carbocycles. The largest absolute Gasteiger partial charge is 0.353 e. The Morgan fingerprint density at radius 1 is 1.07 bits per heavy atom. The second-order valence-electron chi connectivity index (χ2n) is 2.22. The lowest BCUT2D eigenvalue weighted by Gasteiger charge is -2.11. The summed E-state index contributed by atoms with van der Waals surface area (Å²) in [5.74, 6) is 0. The van der Waals surface area contributed by atoms with Crippen LogP contribution in [-0.2, 0) is 9.47 Å². The summed E-state index contributed by atoms with van der Waals surface area (Å²) in [7, 11) is 0. The van der Waals surface area contributed by atoms with Crippen LogP contribution in [0.3, 0.4) is 0 Å². The van der Waals surface area contributed by atoms with Crippen molar-refractivity contribution in [2.45, 2.75) is 13.2 Å². The van der Waals surface area contributed by atoms with E-state index in [2.05, 4.69) is 20.1 Å². The van der Waals surface area contributed by atoms with E-state index in [4.69, 9.17) is 20.5 Å². The first-order valence-electron chi connectivity index (χ1n) is 4.06. The van der Waals surface area contributed by atoms with Crippen molar-refractivity contribution in [3.05, 3.63) is 20.9 Å². The van der Waals surface area contributed by atoms with Crippen LogP contribution >= 0.6 is 0 Å². The number of hydrogen-bond acceptors (Lipinski definition) is 4. The zero-order valence-corrected chi connectivity index (χ0v) is 7.91. The molecular formula is C6H12N6O2. The molecule has 0 aromatic rings. The second-order valence-corrected chi connectivity index (χ2v) is 2.22. The lowest BCUT2D eigenvalue weighted by atomic mass is 10.6. The van der Waals surface area contributed by atoms with Crippen LogP contribution in [0.25, 0.3) is 20.9 Å². The summed E-state index contributed by atoms with van der Waals surface area (Å²) < 4.78 is 10.2. The van der Waals surface area contributed by atoms with Gasteiger partial charge in [-0.2, -0.15) is 0 Å². The number of ether oxygens (including phenoxy) is 2. The molecule has 78 valence electrons. The Labute approximate surface area is 81.1 Å². The van der Waals surface area contributed by atoms with E-state index < -0.39 is 6.29 Å². The van der Waals surface area contributed by atoms with Crippen molar-refractivity contribution < 1.29 is 9.47 Å². The molecule has 0 aliphatic rings. The molecular weight excluding hydrogens is 188 g/mol. The van der Waals surface area contributed by atoms with Gasteiger partial charge in [-0.25, -0.2) is 0 Å². The quantitative estimate of drug-likeness (QED) is 0.196. The zero-order chi connectivity index (χ0) is 10.6. The lowest BCUT2D eigenvalue weighted by molar-refractivity contribution is -0.126. The molecule has 0 fully saturated rings. The molecule has 0 aliphatic carbocycles. The van der Waals surface area contributed by atoms with E-state index in [-0.39, 0.29) is 13.1 Å². The van der Waals surface area contributed by atoms with Crippen LogP contribution < -0.4 is 0 Å². The third kappa shape index (κ3) is 8.63. The van der Waals surface area contributed by atoms with Crippen molar-refractivity contribution in [1.29, 1.82) is 0 Å². The molecule has 0 saturated heterocycles. The second kappa shape index (κ2) is 9.63. The summed E-state index contributed by atoms with van der Waals surface area (Å²) in [5.41, 5.74) is 15.9. The minimum absolute atomic E-state index is 0.278. The predicted molar refractivity (Wildman–Crippen MR) is 49.4 cm³/mol. The molecule has 0 bridgehead atoms. The highest BCUT2D eigenvalue weighted by atomic mass is 16.7. The number of nitrogens with zero attached hydrogens (tertiary/aromatic N) is 6. The van der Waals surface area contributed by atoms with Crippen LogP contribution in [0.2, 0.25) is 0 Å². The summed E-state index contributed by atoms with van der Waals surface area (Å²) in [6.45, 7) is 2.90. The molecule has 0 aromatic carbocycles. The van der Waals surface area contributed by atoms with E-state index in [0.29, 0.717) is 13.2 Å². The Morgan fingerprint density at radius 2 is 1.50 bits per heavy atom. The average Bonchev–Trinajstić information content (AvgIpc) is 2.19. The molecule has 8 nitrogen and oxygen atoms in total. The molecule has 8 heteroatoms. The van der Waals surface area contributed by atoms with Crippen LogP contribution in [0.1, 0.15) is 6.92 Å². The molecule has 0 heterocycles. The Kier molecular flexibility index (Phi) is 8.62. The summed E-state index contributed by atoms with van der Waals surface area (Å²) in [6, 6.07) is 0. The molecule has 0 aromatic heterocycles. The van der Waals surface area contributed by atoms with Crippen molar-refractivity contribution in [3.63, 3.8) is 0 Å². The highest BCUT2D eigenvalue weighted by Gasteiger charge is 1.99. The number of azide groups is 2. The molecule has 0 radical (unpaired) electrons. The van der Waals surface area contributed by atoms with Crippen LogP contribution in [0, 0.1) is 0 Å². The maximum absolute atomic E-state index is 7.96. The fourth-order valence-electron chi connectivity index (χ4n) is 0.657. The standard InChI is InChI=1S/C6H12N6O2/c1-6(13-4-2-9-11-7)14-5-3-10-12-8/h6H,2-5H2,1H3. The van der Waals surface area contributed by atoms with Crippen molar-refractivity contribution >= 4 is 0 Å². The van der Waals surface area contributed by atoms with Gasteiger partial charge in [-0.3, -0.25) is 0 Å². The van der Waals surface area contributed by atoms with Gasteiger partial charge < -0.3 is 9.47 Å². The Morgan fingerprint density at radius 3 is 1.86 bits per heavy atom. The van der Waals surface area contributed by atoms with E-state index in [1.807, 2.05) is 0 Å². The number of hydrogen-bond donors (Lipinski definition) is 0. The topological polar surface area (TPSA) is 116 Å².